The van der Waals surface area contributed by atoms with Crippen LogP contribution < -0.4 is 21.3 Å². The minimum atomic E-state index is -0.541. The molecule has 31 heavy (non-hydrogen) atoms. The Morgan fingerprint density at radius 2 is 1.97 bits per heavy atom. The van der Waals surface area contributed by atoms with E-state index in [0.717, 1.165) is 19.4 Å². The molecule has 0 bridgehead atoms. The fourth-order valence-corrected chi connectivity index (χ4v) is 3.07. The van der Waals surface area contributed by atoms with Crippen LogP contribution in [0.15, 0.2) is 90.0 Å². The van der Waals surface area contributed by atoms with Gasteiger partial charge in [0.05, 0.1) is 0 Å². The molecule has 0 saturated carbocycles. The summed E-state index contributed by atoms with van der Waals surface area (Å²) in [5.41, 5.74) is 5.84. The van der Waals surface area contributed by atoms with E-state index in [0.29, 0.717) is 21.3 Å². The summed E-state index contributed by atoms with van der Waals surface area (Å²) in [7, 11) is 0. The first kappa shape index (κ1) is 22.1. The zero-order chi connectivity index (χ0) is 22.4. The Labute approximate surface area is 188 Å². The average Bonchev–Trinajstić information content (AvgIpc) is 2.74. The van der Waals surface area contributed by atoms with Crippen LogP contribution in [0.1, 0.15) is 0 Å². The molecule has 3 rings (SSSR count). The van der Waals surface area contributed by atoms with E-state index in [-0.39, 0.29) is 11.3 Å². The molecule has 0 spiro atoms. The molecule has 1 amide bonds. The van der Waals surface area contributed by atoms with Gasteiger partial charge >= 0.3 is 178 Å². The molecule has 0 radical (unpaired) electrons. The number of carbonyl (C=O) groups is 1. The predicted molar refractivity (Wildman–Crippen MR) is 113 cm³/mol. The van der Waals surface area contributed by atoms with Crippen LogP contribution in [-0.4, -0.2) is 19.5 Å². The van der Waals surface area contributed by atoms with Crippen molar-refractivity contribution in [2.45, 2.75) is 0 Å². The van der Waals surface area contributed by atoms with E-state index in [4.69, 9.17) is 10.5 Å². The SMILES string of the molecule is C=C(C=C[C](=[W])Oc1ccnc(N)c1)C(=O)Nc1cccn(-c2ccc(F)cc2)c1=O. The Bertz CT molecular complexity index is 1240. The van der Waals surface area contributed by atoms with E-state index in [1.807, 2.05) is 0 Å². The number of pyridine rings is 2. The topological polar surface area (TPSA) is 99.2 Å². The molecule has 2 heterocycles. The number of nitrogens with one attached hydrogen (secondary N) is 1. The van der Waals surface area contributed by atoms with E-state index < -0.39 is 17.3 Å². The number of carbonyl (C=O) groups excluding carboxylic acids is 1. The van der Waals surface area contributed by atoms with E-state index in [1.165, 1.54) is 53.4 Å². The first-order valence-corrected chi connectivity index (χ1v) is 10.4. The van der Waals surface area contributed by atoms with Gasteiger partial charge in [-0.1, -0.05) is 0 Å². The van der Waals surface area contributed by atoms with Gasteiger partial charge < -0.3 is 0 Å². The number of benzene rings is 1. The van der Waals surface area contributed by atoms with Crippen molar-refractivity contribution in [1.82, 2.24) is 9.55 Å². The summed E-state index contributed by atoms with van der Waals surface area (Å²) < 4.78 is 20.7. The summed E-state index contributed by atoms with van der Waals surface area (Å²) in [4.78, 5) is 29.0. The summed E-state index contributed by atoms with van der Waals surface area (Å²) in [6.45, 7) is 3.72. The van der Waals surface area contributed by atoms with Crippen LogP contribution in [0.5, 0.6) is 5.75 Å². The number of aromatic nitrogens is 2. The monoisotopic (exact) mass is 588 g/mol. The van der Waals surface area contributed by atoms with Gasteiger partial charge in [-0.25, -0.2) is 4.39 Å². The fraction of sp³-hybridized carbons (Fsp3) is 0. The summed E-state index contributed by atoms with van der Waals surface area (Å²) >= 11 is 1.03. The Kier molecular flexibility index (Phi) is 7.05. The molecule has 9 heteroatoms. The number of halogens is 1. The standard InChI is InChI=1S/C22H17FN4O3.W/c1-15(4-3-13-30-18-10-11-25-20(24)14-18)21(28)26-19-5-2-12-27(22(19)29)17-8-6-16(23)7-9-17;/h2-12,14H,1H2,(H2,24,25)(H,26,28);. The van der Waals surface area contributed by atoms with E-state index in [2.05, 4.69) is 16.9 Å². The number of nitrogens with zero attached hydrogens (tertiary/aromatic N) is 2. The quantitative estimate of drug-likeness (QED) is 0.327. The number of nitrogens with two attached hydrogens (primary N) is 1. The van der Waals surface area contributed by atoms with Crippen molar-refractivity contribution in [3.05, 3.63) is 101 Å². The maximum absolute atomic E-state index is 13.1. The van der Waals surface area contributed by atoms with E-state index in [9.17, 15) is 14.0 Å². The zero-order valence-corrected chi connectivity index (χ0v) is 19.1. The Morgan fingerprint density at radius 3 is 2.68 bits per heavy atom. The summed E-state index contributed by atoms with van der Waals surface area (Å²) in [5, 5.41) is 2.55. The first-order valence-electron chi connectivity index (χ1n) is 8.93. The third-order valence-corrected chi connectivity index (χ3v) is 4.77. The number of anilines is 2. The number of nitrogen functional groups attached to an aromatic ring is 1. The van der Waals surface area contributed by atoms with Gasteiger partial charge in [0.25, 0.3) is 0 Å². The van der Waals surface area contributed by atoms with Gasteiger partial charge in [0.15, 0.2) is 0 Å². The molecule has 156 valence electrons. The Morgan fingerprint density at radius 1 is 1.23 bits per heavy atom. The van der Waals surface area contributed by atoms with Crippen molar-refractivity contribution in [3.63, 3.8) is 0 Å². The molecule has 1 aromatic carbocycles. The summed E-state index contributed by atoms with van der Waals surface area (Å²) in [5.74, 6) is -0.0825. The maximum atomic E-state index is 13.1. The van der Waals surface area contributed by atoms with Gasteiger partial charge in [-0.05, 0) is 0 Å². The number of amides is 1. The van der Waals surface area contributed by atoms with Crippen molar-refractivity contribution in [2.24, 2.45) is 0 Å². The second-order valence-corrected chi connectivity index (χ2v) is 7.67. The first-order chi connectivity index (χ1) is 14.8. The summed E-state index contributed by atoms with van der Waals surface area (Å²) in [6, 6.07) is 11.8. The van der Waals surface area contributed by atoms with Crippen LogP contribution >= 0.6 is 0 Å². The van der Waals surface area contributed by atoms with Crippen molar-refractivity contribution in [3.8, 4) is 11.4 Å². The Hall–Kier alpha value is -3.64. The number of ether oxygens (including phenoxy) is 1. The second-order valence-electron chi connectivity index (χ2n) is 6.22. The molecule has 0 saturated heterocycles. The third kappa shape index (κ3) is 5.93. The molecule has 0 aliphatic heterocycles. The molecule has 0 unspecified atom stereocenters. The Balaban J connectivity index is 1.67. The molecule has 0 aliphatic carbocycles. The van der Waals surface area contributed by atoms with Crippen LogP contribution in [0.2, 0.25) is 0 Å². The van der Waals surface area contributed by atoms with Crippen LogP contribution in [-0.2, 0) is 24.1 Å². The predicted octanol–water partition coefficient (Wildman–Crippen LogP) is 2.76. The number of rotatable bonds is 7. The molecule has 0 aliphatic rings. The summed E-state index contributed by atoms with van der Waals surface area (Å²) in [6.07, 6.45) is 6.16. The third-order valence-electron chi connectivity index (χ3n) is 3.98. The van der Waals surface area contributed by atoms with Crippen molar-refractivity contribution in [1.29, 1.82) is 0 Å². The van der Waals surface area contributed by atoms with Crippen LogP contribution in [0.25, 0.3) is 5.69 Å². The van der Waals surface area contributed by atoms with Gasteiger partial charge in [-0.15, -0.1) is 0 Å². The second kappa shape index (κ2) is 9.91. The van der Waals surface area contributed by atoms with Crippen LogP contribution in [0, 0.1) is 5.82 Å². The van der Waals surface area contributed by atoms with Crippen LogP contribution in [0.4, 0.5) is 15.9 Å². The van der Waals surface area contributed by atoms with Gasteiger partial charge in [0, 0.05) is 0 Å². The molecule has 3 aromatic rings. The number of hydrogen-bond donors (Lipinski definition) is 2. The number of hydrogen-bond acceptors (Lipinski definition) is 5. The molecule has 2 aromatic heterocycles. The van der Waals surface area contributed by atoms with Gasteiger partial charge in [-0.2, -0.15) is 0 Å². The van der Waals surface area contributed by atoms with Crippen molar-refractivity contribution >= 4 is 21.5 Å². The van der Waals surface area contributed by atoms with E-state index in [1.54, 1.807) is 24.3 Å². The molecule has 3 N–H and O–H groups in total. The fourth-order valence-electron chi connectivity index (χ4n) is 2.48. The van der Waals surface area contributed by atoms with Gasteiger partial charge in [0.2, 0.25) is 0 Å². The molecular formula is C22H17FN4O3W. The van der Waals surface area contributed by atoms with Gasteiger partial charge in [0.1, 0.15) is 5.82 Å². The van der Waals surface area contributed by atoms with E-state index >= 15 is 0 Å². The van der Waals surface area contributed by atoms with Crippen LogP contribution in [0.3, 0.4) is 0 Å². The molecule has 0 fully saturated rings. The van der Waals surface area contributed by atoms with Crippen molar-refractivity contribution < 1.29 is 33.3 Å². The molecular weight excluding hydrogens is 571 g/mol. The average molecular weight is 588 g/mol. The molecule has 0 atom stereocenters. The van der Waals surface area contributed by atoms with Gasteiger partial charge in [-0.3, -0.25) is 0 Å². The normalized spacial score (nSPS) is 10.6. The van der Waals surface area contributed by atoms with Crippen molar-refractivity contribution in [2.75, 3.05) is 11.1 Å². The zero-order valence-electron chi connectivity index (χ0n) is 16.1. The molecule has 7 nitrogen and oxygen atoms in total. The minimum absolute atomic E-state index is 0.0706.